The first-order chi connectivity index (χ1) is 18.3. The lowest BCUT2D eigenvalue weighted by Gasteiger charge is -2.39. The fourth-order valence-corrected chi connectivity index (χ4v) is 5.17. The van der Waals surface area contributed by atoms with Crippen molar-refractivity contribution in [2.45, 2.75) is 32.1 Å². The van der Waals surface area contributed by atoms with E-state index in [9.17, 15) is 23.2 Å². The van der Waals surface area contributed by atoms with Crippen LogP contribution < -0.4 is 10.2 Å². The summed E-state index contributed by atoms with van der Waals surface area (Å²) in [5.41, 5.74) is 2.43. The van der Waals surface area contributed by atoms with Crippen LogP contribution in [-0.2, 0) is 11.2 Å². The zero-order valence-electron chi connectivity index (χ0n) is 20.8. The number of methoxy groups -OCH3 is 1. The lowest BCUT2D eigenvalue weighted by molar-refractivity contribution is -0.143. The van der Waals surface area contributed by atoms with E-state index in [1.807, 2.05) is 28.6 Å². The molecule has 3 aromatic rings. The molecule has 38 heavy (non-hydrogen) atoms. The molecule has 0 bridgehead atoms. The van der Waals surface area contributed by atoms with E-state index in [0.29, 0.717) is 62.0 Å². The van der Waals surface area contributed by atoms with Gasteiger partial charge in [0.2, 0.25) is 5.91 Å². The minimum atomic E-state index is -1.28. The maximum absolute atomic E-state index is 13.8. The number of amides is 1. The van der Waals surface area contributed by atoms with Crippen LogP contribution in [-0.4, -0.2) is 47.7 Å². The van der Waals surface area contributed by atoms with Crippen LogP contribution in [0, 0.1) is 34.7 Å². The second kappa shape index (κ2) is 12.0. The average molecular weight is 546 g/mol. The normalized spacial score (nSPS) is 15.1. The highest BCUT2D eigenvalue weighted by Crippen LogP contribution is 2.38. The number of nitrogens with zero attached hydrogens (tertiary/aromatic N) is 2. The lowest BCUT2D eigenvalue weighted by Crippen LogP contribution is -2.48. The van der Waals surface area contributed by atoms with Crippen molar-refractivity contribution in [1.82, 2.24) is 15.4 Å². The van der Waals surface area contributed by atoms with E-state index in [0.717, 1.165) is 22.5 Å². The maximum atomic E-state index is 13.8. The van der Waals surface area contributed by atoms with Crippen molar-refractivity contribution in [2.24, 2.45) is 5.41 Å². The van der Waals surface area contributed by atoms with Crippen molar-refractivity contribution in [2.75, 3.05) is 26.7 Å². The van der Waals surface area contributed by atoms with Gasteiger partial charge in [0.1, 0.15) is 11.6 Å². The molecule has 0 saturated carbocycles. The molecular formula is C28H27ClF3N3O3. The molecule has 2 heterocycles. The zero-order valence-corrected chi connectivity index (χ0v) is 21.5. The Bertz CT molecular complexity index is 1400. The number of hydrogen-bond acceptors (Lipinski definition) is 5. The predicted octanol–water partition coefficient (Wildman–Crippen LogP) is 5.28. The number of benzene rings is 2. The molecule has 2 aromatic carbocycles. The van der Waals surface area contributed by atoms with Crippen LogP contribution in [0.25, 0.3) is 10.9 Å². The summed E-state index contributed by atoms with van der Waals surface area (Å²) in [7, 11) is 1.59. The molecule has 10 heteroatoms. The van der Waals surface area contributed by atoms with Gasteiger partial charge in [-0.25, -0.2) is 18.7 Å². The third-order valence-corrected chi connectivity index (χ3v) is 7.46. The largest absolute Gasteiger partial charge is 0.497 e. The van der Waals surface area contributed by atoms with E-state index in [1.54, 1.807) is 13.3 Å². The van der Waals surface area contributed by atoms with E-state index < -0.39 is 28.8 Å². The summed E-state index contributed by atoms with van der Waals surface area (Å²) < 4.78 is 45.9. The number of likely N-dealkylation sites (tertiary alicyclic amines) is 1. The summed E-state index contributed by atoms with van der Waals surface area (Å²) in [6.45, 7) is 1.27. The molecule has 0 atom stereocenters. The Hall–Kier alpha value is -3.32. The standard InChI is InChI=1S/C28H27ClF3N3O3/c1-38-20-6-7-25-22(16-20)21(23(29)17-33-25)5-2-8-28(27(36)34-37)9-12-35(13-10-28)11-3-4-18-14-19(30)15-24(31)26(18)32/h6-7,14-17,37H,2,5,8-13H2,1H3,(H,34,36). The molecule has 0 aliphatic carbocycles. The van der Waals surface area contributed by atoms with Gasteiger partial charge in [0.25, 0.3) is 0 Å². The SMILES string of the molecule is COc1ccc2ncc(Cl)c(CCCC3(C(=O)NO)CCN(CC#Cc4cc(F)cc(F)c4F)CC3)c2c1. The van der Waals surface area contributed by atoms with Crippen LogP contribution in [0.3, 0.4) is 0 Å². The summed E-state index contributed by atoms with van der Waals surface area (Å²) in [6.07, 6.45) is 4.35. The van der Waals surface area contributed by atoms with Crippen LogP contribution >= 0.6 is 11.6 Å². The molecule has 2 N–H and O–H groups in total. The Balaban J connectivity index is 1.41. The molecule has 1 amide bonds. The van der Waals surface area contributed by atoms with Crippen LogP contribution in [0.5, 0.6) is 5.75 Å². The number of hydrogen-bond donors (Lipinski definition) is 2. The summed E-state index contributed by atoms with van der Waals surface area (Å²) in [5.74, 6) is 2.13. The minimum absolute atomic E-state index is 0.245. The topological polar surface area (TPSA) is 74.7 Å². The van der Waals surface area contributed by atoms with Crippen LogP contribution in [0.15, 0.2) is 36.5 Å². The maximum Gasteiger partial charge on any atom is 0.249 e. The number of hydroxylamine groups is 1. The first-order valence-electron chi connectivity index (χ1n) is 12.2. The van der Waals surface area contributed by atoms with Crippen molar-refractivity contribution >= 4 is 28.4 Å². The molecule has 0 unspecified atom stereocenters. The summed E-state index contributed by atoms with van der Waals surface area (Å²) in [4.78, 5) is 19.1. The minimum Gasteiger partial charge on any atom is -0.497 e. The Morgan fingerprint density at radius 2 is 2.00 bits per heavy atom. The Labute approximate surface area is 223 Å². The molecule has 4 rings (SSSR count). The van der Waals surface area contributed by atoms with Gasteiger partial charge in [-0.1, -0.05) is 23.4 Å². The van der Waals surface area contributed by atoms with Gasteiger partial charge in [-0.2, -0.15) is 0 Å². The third kappa shape index (κ3) is 6.04. The van der Waals surface area contributed by atoms with Gasteiger partial charge < -0.3 is 4.74 Å². The first kappa shape index (κ1) is 27.7. The van der Waals surface area contributed by atoms with Crippen LogP contribution in [0.2, 0.25) is 5.02 Å². The van der Waals surface area contributed by atoms with Crippen LogP contribution in [0.1, 0.15) is 36.8 Å². The monoisotopic (exact) mass is 545 g/mol. The number of nitrogens with one attached hydrogen (secondary N) is 1. The summed E-state index contributed by atoms with van der Waals surface area (Å²) in [5, 5.41) is 10.9. The summed E-state index contributed by atoms with van der Waals surface area (Å²) in [6, 6.07) is 6.92. The fraction of sp³-hybridized carbons (Fsp3) is 0.357. The van der Waals surface area contributed by atoms with E-state index in [-0.39, 0.29) is 12.1 Å². The molecule has 6 nitrogen and oxygen atoms in total. The van der Waals surface area contributed by atoms with Crippen molar-refractivity contribution in [3.63, 3.8) is 0 Å². The van der Waals surface area contributed by atoms with Gasteiger partial charge in [-0.05, 0) is 61.9 Å². The quantitative estimate of drug-likeness (QED) is 0.183. The molecule has 1 aromatic heterocycles. The molecule has 1 fully saturated rings. The van der Waals surface area contributed by atoms with Crippen molar-refractivity contribution in [3.8, 4) is 17.6 Å². The highest BCUT2D eigenvalue weighted by atomic mass is 35.5. The Morgan fingerprint density at radius 3 is 2.71 bits per heavy atom. The zero-order chi connectivity index (χ0) is 27.3. The molecule has 1 saturated heterocycles. The second-order valence-corrected chi connectivity index (χ2v) is 9.78. The molecular weight excluding hydrogens is 519 g/mol. The number of ether oxygens (including phenoxy) is 1. The first-order valence-corrected chi connectivity index (χ1v) is 12.6. The van der Waals surface area contributed by atoms with Gasteiger partial charge in [0, 0.05) is 30.7 Å². The van der Waals surface area contributed by atoms with Gasteiger partial charge >= 0.3 is 0 Å². The number of rotatable bonds is 7. The third-order valence-electron chi connectivity index (χ3n) is 7.13. The average Bonchev–Trinajstić information content (AvgIpc) is 2.92. The molecule has 0 spiro atoms. The Kier molecular flexibility index (Phi) is 8.77. The molecule has 0 radical (unpaired) electrons. The van der Waals surface area contributed by atoms with Gasteiger partial charge in [-0.3, -0.25) is 19.9 Å². The number of piperidine rings is 1. The predicted molar refractivity (Wildman–Crippen MR) is 137 cm³/mol. The fourth-order valence-electron chi connectivity index (χ4n) is 4.93. The molecule has 200 valence electrons. The van der Waals surface area contributed by atoms with Gasteiger partial charge in [-0.15, -0.1) is 0 Å². The van der Waals surface area contributed by atoms with E-state index >= 15 is 0 Å². The number of aromatic nitrogens is 1. The van der Waals surface area contributed by atoms with E-state index in [2.05, 4.69) is 16.8 Å². The van der Waals surface area contributed by atoms with Gasteiger partial charge in [0.15, 0.2) is 11.6 Å². The number of pyridine rings is 1. The van der Waals surface area contributed by atoms with E-state index in [4.69, 9.17) is 16.3 Å². The van der Waals surface area contributed by atoms with Crippen molar-refractivity contribution in [1.29, 1.82) is 0 Å². The highest BCUT2D eigenvalue weighted by Gasteiger charge is 2.40. The van der Waals surface area contributed by atoms with Crippen molar-refractivity contribution in [3.05, 3.63) is 70.1 Å². The molecule has 1 aliphatic rings. The lowest BCUT2D eigenvalue weighted by atomic mass is 9.73. The number of aryl methyl sites for hydroxylation is 1. The van der Waals surface area contributed by atoms with Crippen LogP contribution in [0.4, 0.5) is 13.2 Å². The number of carbonyl (C=O) groups excluding carboxylic acids is 1. The number of carbonyl (C=O) groups is 1. The number of halogens is 4. The Morgan fingerprint density at radius 1 is 1.24 bits per heavy atom. The van der Waals surface area contributed by atoms with Crippen molar-refractivity contribution < 1.29 is 27.9 Å². The molecule has 1 aliphatic heterocycles. The smallest absolute Gasteiger partial charge is 0.249 e. The number of fused-ring (bicyclic) bond motifs is 1. The highest BCUT2D eigenvalue weighted by molar-refractivity contribution is 6.32. The van der Waals surface area contributed by atoms with Gasteiger partial charge in [0.05, 0.1) is 35.2 Å². The second-order valence-electron chi connectivity index (χ2n) is 9.37. The van der Waals surface area contributed by atoms with E-state index in [1.165, 1.54) is 0 Å². The summed E-state index contributed by atoms with van der Waals surface area (Å²) >= 11 is 6.48.